The van der Waals surface area contributed by atoms with Crippen molar-refractivity contribution < 1.29 is 18.3 Å². The molecular formula is C15H18F2N2O2. The summed E-state index contributed by atoms with van der Waals surface area (Å²) in [6.07, 6.45) is -0.0286. The highest BCUT2D eigenvalue weighted by Gasteiger charge is 2.54. The molecule has 114 valence electrons. The largest absolute Gasteiger partial charge is 0.462 e. The van der Waals surface area contributed by atoms with E-state index in [1.165, 1.54) is 6.07 Å². The van der Waals surface area contributed by atoms with Gasteiger partial charge < -0.3 is 15.2 Å². The number of nitrogens with two attached hydrogens (primary N) is 1. The molecule has 2 heterocycles. The van der Waals surface area contributed by atoms with Gasteiger partial charge in [0.25, 0.3) is 6.02 Å². The Kier molecular flexibility index (Phi) is 3.57. The molecule has 1 saturated heterocycles. The van der Waals surface area contributed by atoms with Crippen LogP contribution in [0.2, 0.25) is 0 Å². The topological polar surface area (TPSA) is 56.8 Å². The van der Waals surface area contributed by atoms with Crippen LogP contribution in [0.25, 0.3) is 0 Å². The molecule has 0 bridgehead atoms. The summed E-state index contributed by atoms with van der Waals surface area (Å²) in [5, 5.41) is 0. The Morgan fingerprint density at radius 2 is 2.19 bits per heavy atom. The Balaban J connectivity index is 2.17. The van der Waals surface area contributed by atoms with Gasteiger partial charge in [0.2, 0.25) is 0 Å². The number of hydrogen-bond acceptors (Lipinski definition) is 4. The third-order valence-corrected chi connectivity index (χ3v) is 4.37. The van der Waals surface area contributed by atoms with E-state index in [9.17, 15) is 8.78 Å². The van der Waals surface area contributed by atoms with Gasteiger partial charge in [-0.15, -0.1) is 0 Å². The maximum atomic E-state index is 14.3. The highest BCUT2D eigenvalue weighted by atomic mass is 19.1. The van der Waals surface area contributed by atoms with Crippen LogP contribution < -0.4 is 5.73 Å². The molecule has 2 aliphatic heterocycles. The molecule has 0 spiro atoms. The zero-order valence-electron chi connectivity index (χ0n) is 11.8. The monoisotopic (exact) mass is 296 g/mol. The summed E-state index contributed by atoms with van der Waals surface area (Å²) in [6.45, 7) is 1.49. The normalized spacial score (nSPS) is 35.6. The van der Waals surface area contributed by atoms with Gasteiger partial charge in [0, 0.05) is 12.0 Å². The number of rotatable bonds is 2. The maximum Gasteiger partial charge on any atom is 0.283 e. The number of nitrogens with zero attached hydrogens (tertiary/aromatic N) is 1. The van der Waals surface area contributed by atoms with E-state index in [1.54, 1.807) is 18.2 Å². The average Bonchev–Trinajstić information content (AvgIpc) is 2.46. The number of aliphatic imine (C=N–C) groups is 1. The predicted molar refractivity (Wildman–Crippen MR) is 74.1 cm³/mol. The van der Waals surface area contributed by atoms with Gasteiger partial charge >= 0.3 is 0 Å². The van der Waals surface area contributed by atoms with Gasteiger partial charge in [-0.3, -0.25) is 0 Å². The first-order chi connectivity index (χ1) is 10.1. The molecule has 21 heavy (non-hydrogen) atoms. The van der Waals surface area contributed by atoms with Crippen molar-refractivity contribution in [1.29, 1.82) is 0 Å². The number of benzene rings is 1. The second-order valence-corrected chi connectivity index (χ2v) is 5.53. The van der Waals surface area contributed by atoms with Crippen LogP contribution in [0.15, 0.2) is 29.3 Å². The van der Waals surface area contributed by atoms with E-state index in [4.69, 9.17) is 15.2 Å². The molecule has 2 N–H and O–H groups in total. The number of ether oxygens (including phenoxy) is 2. The summed E-state index contributed by atoms with van der Waals surface area (Å²) >= 11 is 0. The van der Waals surface area contributed by atoms with Crippen molar-refractivity contribution >= 4 is 6.02 Å². The van der Waals surface area contributed by atoms with Crippen LogP contribution in [0.4, 0.5) is 8.78 Å². The first-order valence-corrected chi connectivity index (χ1v) is 7.03. The van der Waals surface area contributed by atoms with Crippen molar-refractivity contribution in [2.45, 2.75) is 31.1 Å². The zero-order valence-corrected chi connectivity index (χ0v) is 11.8. The number of halogens is 2. The van der Waals surface area contributed by atoms with Gasteiger partial charge in [-0.2, -0.15) is 0 Å². The Bertz CT molecular complexity index is 566. The van der Waals surface area contributed by atoms with E-state index in [1.807, 2.05) is 6.92 Å². The van der Waals surface area contributed by atoms with E-state index >= 15 is 0 Å². The summed E-state index contributed by atoms with van der Waals surface area (Å²) < 4.78 is 39.5. The van der Waals surface area contributed by atoms with Crippen LogP contribution in [-0.4, -0.2) is 31.5 Å². The Labute approximate surface area is 121 Å². The fourth-order valence-electron chi connectivity index (χ4n) is 3.48. The van der Waals surface area contributed by atoms with Crippen molar-refractivity contribution in [3.8, 4) is 0 Å². The minimum atomic E-state index is -1.39. The van der Waals surface area contributed by atoms with E-state index in [0.29, 0.717) is 13.0 Å². The van der Waals surface area contributed by atoms with Gasteiger partial charge in [-0.1, -0.05) is 18.2 Å². The van der Waals surface area contributed by atoms with Crippen LogP contribution >= 0.6 is 0 Å². The molecule has 4 atom stereocenters. The third kappa shape index (κ3) is 2.18. The van der Waals surface area contributed by atoms with Crippen molar-refractivity contribution in [2.75, 3.05) is 13.3 Å². The molecule has 2 aliphatic rings. The second-order valence-electron chi connectivity index (χ2n) is 5.53. The highest BCUT2D eigenvalue weighted by molar-refractivity contribution is 5.73. The molecule has 0 unspecified atom stereocenters. The van der Waals surface area contributed by atoms with Crippen molar-refractivity contribution in [1.82, 2.24) is 0 Å². The average molecular weight is 296 g/mol. The van der Waals surface area contributed by atoms with Crippen molar-refractivity contribution in [3.63, 3.8) is 0 Å². The maximum absolute atomic E-state index is 14.3. The molecule has 6 heteroatoms. The minimum absolute atomic E-state index is 0.0914. The fourth-order valence-corrected chi connectivity index (χ4v) is 3.48. The lowest BCUT2D eigenvalue weighted by molar-refractivity contribution is -0.121. The van der Waals surface area contributed by atoms with Crippen LogP contribution in [-0.2, 0) is 15.0 Å². The molecule has 0 amide bonds. The summed E-state index contributed by atoms with van der Waals surface area (Å²) in [5.41, 5.74) is 4.53. The minimum Gasteiger partial charge on any atom is -0.462 e. The van der Waals surface area contributed by atoms with Gasteiger partial charge in [0.15, 0.2) is 0 Å². The van der Waals surface area contributed by atoms with Gasteiger partial charge in [-0.25, -0.2) is 13.8 Å². The van der Waals surface area contributed by atoms with E-state index in [-0.39, 0.29) is 23.8 Å². The van der Waals surface area contributed by atoms with E-state index in [2.05, 4.69) is 4.99 Å². The standard InChI is InChI=1S/C15H18F2N2O2/c1-9-13-12(6-7-20-9)21-14(18)19-15(13,8-16)10-4-2-3-5-11(10)17/h2-5,9,12-13H,6-8H2,1H3,(H2,18,19)/t9-,12+,13-,15+/m0/s1. The molecular weight excluding hydrogens is 278 g/mol. The Hall–Kier alpha value is -1.69. The summed E-state index contributed by atoms with van der Waals surface area (Å²) in [6, 6.07) is 5.99. The SMILES string of the molecule is C[C@@H]1OCC[C@H]2OC(N)=N[C@](CF)(c3ccccc3F)[C@@H]12. The molecule has 0 aliphatic carbocycles. The summed E-state index contributed by atoms with van der Waals surface area (Å²) in [7, 11) is 0. The first kappa shape index (κ1) is 14.3. The first-order valence-electron chi connectivity index (χ1n) is 7.03. The molecule has 0 radical (unpaired) electrons. The molecule has 0 saturated carbocycles. The number of alkyl halides is 1. The summed E-state index contributed by atoms with van der Waals surface area (Å²) in [5.74, 6) is -0.912. The highest BCUT2D eigenvalue weighted by Crippen LogP contribution is 2.46. The lowest BCUT2D eigenvalue weighted by Gasteiger charge is -2.48. The molecule has 3 rings (SSSR count). The number of fused-ring (bicyclic) bond motifs is 1. The number of amidine groups is 1. The smallest absolute Gasteiger partial charge is 0.283 e. The lowest BCUT2D eigenvalue weighted by Crippen LogP contribution is -2.57. The van der Waals surface area contributed by atoms with E-state index < -0.39 is 23.9 Å². The fraction of sp³-hybridized carbons (Fsp3) is 0.533. The third-order valence-electron chi connectivity index (χ3n) is 4.37. The van der Waals surface area contributed by atoms with Gasteiger partial charge in [-0.05, 0) is 13.0 Å². The Morgan fingerprint density at radius 3 is 2.90 bits per heavy atom. The molecule has 1 fully saturated rings. The number of hydrogen-bond donors (Lipinski definition) is 1. The molecule has 1 aromatic carbocycles. The Morgan fingerprint density at radius 1 is 1.43 bits per heavy atom. The summed E-state index contributed by atoms with van der Waals surface area (Å²) in [4.78, 5) is 4.18. The molecule has 1 aromatic rings. The van der Waals surface area contributed by atoms with Gasteiger partial charge in [0.1, 0.15) is 24.1 Å². The van der Waals surface area contributed by atoms with Crippen molar-refractivity contribution in [2.24, 2.45) is 16.6 Å². The molecule has 0 aromatic heterocycles. The van der Waals surface area contributed by atoms with E-state index in [0.717, 1.165) is 0 Å². The van der Waals surface area contributed by atoms with Crippen LogP contribution in [0, 0.1) is 11.7 Å². The quantitative estimate of drug-likeness (QED) is 0.909. The van der Waals surface area contributed by atoms with Crippen LogP contribution in [0.5, 0.6) is 0 Å². The van der Waals surface area contributed by atoms with Crippen LogP contribution in [0.1, 0.15) is 18.9 Å². The lowest BCUT2D eigenvalue weighted by atomic mass is 9.71. The second kappa shape index (κ2) is 5.26. The van der Waals surface area contributed by atoms with Crippen LogP contribution in [0.3, 0.4) is 0 Å². The predicted octanol–water partition coefficient (Wildman–Crippen LogP) is 2.13. The van der Waals surface area contributed by atoms with Crippen molar-refractivity contribution in [3.05, 3.63) is 35.6 Å². The molecule has 4 nitrogen and oxygen atoms in total. The van der Waals surface area contributed by atoms with Gasteiger partial charge in [0.05, 0.1) is 18.6 Å². The zero-order chi connectivity index (χ0) is 15.0.